The summed E-state index contributed by atoms with van der Waals surface area (Å²) >= 11 is 3.41. The van der Waals surface area contributed by atoms with E-state index < -0.39 is 23.4 Å². The quantitative estimate of drug-likeness (QED) is 0.495. The lowest BCUT2D eigenvalue weighted by molar-refractivity contribution is -0.143. The van der Waals surface area contributed by atoms with Gasteiger partial charge in [0.25, 0.3) is 0 Å². The van der Waals surface area contributed by atoms with Gasteiger partial charge in [0, 0.05) is 10.4 Å². The van der Waals surface area contributed by atoms with Gasteiger partial charge in [-0.05, 0) is 29.8 Å². The average molecular weight is 428 g/mol. The van der Waals surface area contributed by atoms with Crippen molar-refractivity contribution in [1.82, 2.24) is 0 Å². The number of esters is 1. The van der Waals surface area contributed by atoms with Crippen molar-refractivity contribution >= 4 is 38.8 Å². The first-order valence-electron chi connectivity index (χ1n) is 8.16. The molecule has 0 saturated heterocycles. The number of hydrogen-bond donors (Lipinski definition) is 1. The third-order valence-corrected chi connectivity index (χ3v) is 5.09. The summed E-state index contributed by atoms with van der Waals surface area (Å²) in [7, 11) is 1.24. The highest BCUT2D eigenvalue weighted by Gasteiger charge is 2.45. The third kappa shape index (κ3) is 2.84. The molecule has 6 nitrogen and oxygen atoms in total. The van der Waals surface area contributed by atoms with Gasteiger partial charge in [0.1, 0.15) is 11.5 Å². The van der Waals surface area contributed by atoms with Crippen molar-refractivity contribution in [2.45, 2.75) is 5.92 Å². The number of methoxy groups -OCH3 is 1. The summed E-state index contributed by atoms with van der Waals surface area (Å²) in [6, 6.07) is 14.2. The number of para-hydroxylation sites is 1. The van der Waals surface area contributed by atoms with Crippen LogP contribution in [-0.4, -0.2) is 19.0 Å². The lowest BCUT2D eigenvalue weighted by Gasteiger charge is -2.31. The molecule has 1 N–H and O–H groups in total. The van der Waals surface area contributed by atoms with E-state index in [4.69, 9.17) is 19.3 Å². The van der Waals surface area contributed by atoms with E-state index in [1.54, 1.807) is 42.5 Å². The van der Waals surface area contributed by atoms with E-state index in [0.717, 1.165) is 4.47 Å². The number of fused-ring (bicyclic) bond motifs is 3. The van der Waals surface area contributed by atoms with Crippen molar-refractivity contribution < 1.29 is 18.7 Å². The first-order chi connectivity index (χ1) is 13.0. The first kappa shape index (κ1) is 17.5. The Bertz CT molecular complexity index is 1140. The minimum Gasteiger partial charge on any atom is -0.468 e. The molecule has 0 aliphatic carbocycles. The van der Waals surface area contributed by atoms with Gasteiger partial charge in [-0.2, -0.15) is 0 Å². The van der Waals surface area contributed by atoms with Gasteiger partial charge < -0.3 is 13.9 Å². The molecule has 0 amide bonds. The highest BCUT2D eigenvalue weighted by atomic mass is 79.9. The van der Waals surface area contributed by atoms with Crippen molar-refractivity contribution in [1.29, 1.82) is 5.41 Å². The van der Waals surface area contributed by atoms with E-state index in [1.807, 2.05) is 6.07 Å². The van der Waals surface area contributed by atoms with Gasteiger partial charge in [-0.1, -0.05) is 40.2 Å². The summed E-state index contributed by atoms with van der Waals surface area (Å²) in [6.45, 7) is 0. The molecule has 1 aliphatic heterocycles. The molecule has 136 valence electrons. The molecule has 2 aromatic carbocycles. The predicted octanol–water partition coefficient (Wildman–Crippen LogP) is 3.85. The number of benzene rings is 2. The van der Waals surface area contributed by atoms with Gasteiger partial charge in [0.15, 0.2) is 5.75 Å². The summed E-state index contributed by atoms with van der Waals surface area (Å²) in [6.07, 6.45) is 0. The van der Waals surface area contributed by atoms with Crippen molar-refractivity contribution in [3.05, 3.63) is 74.6 Å². The van der Waals surface area contributed by atoms with Crippen LogP contribution in [0.25, 0.3) is 11.0 Å². The van der Waals surface area contributed by atoms with Crippen LogP contribution in [0.4, 0.5) is 0 Å². The first-order valence-corrected chi connectivity index (χ1v) is 8.96. The summed E-state index contributed by atoms with van der Waals surface area (Å²) in [5.41, 5.74) is 0.642. The molecular formula is C20H14BrNO5. The van der Waals surface area contributed by atoms with Crippen molar-refractivity contribution in [3.63, 3.8) is 0 Å². The normalized spacial score (nSPS) is 18.7. The molecule has 3 aromatic rings. The number of halogens is 1. The molecule has 2 atom stereocenters. The van der Waals surface area contributed by atoms with Gasteiger partial charge in [-0.15, -0.1) is 0 Å². The fourth-order valence-corrected chi connectivity index (χ4v) is 3.85. The Morgan fingerprint density at radius 1 is 1.19 bits per heavy atom. The fourth-order valence-electron chi connectivity index (χ4n) is 3.43. The van der Waals surface area contributed by atoms with Crippen LogP contribution in [0.15, 0.2) is 62.2 Å². The van der Waals surface area contributed by atoms with Crippen LogP contribution in [0.2, 0.25) is 0 Å². The average Bonchev–Trinajstić information content (AvgIpc) is 2.66. The van der Waals surface area contributed by atoms with Crippen LogP contribution in [0.3, 0.4) is 0 Å². The van der Waals surface area contributed by atoms with E-state index in [2.05, 4.69) is 15.9 Å². The van der Waals surface area contributed by atoms with Crippen LogP contribution < -0.4 is 10.4 Å². The van der Waals surface area contributed by atoms with Crippen molar-refractivity contribution in [3.8, 4) is 5.75 Å². The molecule has 0 bridgehead atoms. The van der Waals surface area contributed by atoms with Crippen LogP contribution in [0.1, 0.15) is 17.0 Å². The van der Waals surface area contributed by atoms with Crippen LogP contribution in [0, 0.1) is 11.3 Å². The monoisotopic (exact) mass is 427 g/mol. The zero-order valence-corrected chi connectivity index (χ0v) is 15.8. The Balaban J connectivity index is 2.06. The Hall–Kier alpha value is -2.93. The number of nitrogens with one attached hydrogen (secondary N) is 1. The van der Waals surface area contributed by atoms with Gasteiger partial charge in [-0.25, -0.2) is 4.79 Å². The van der Waals surface area contributed by atoms with Crippen LogP contribution in [-0.2, 0) is 9.53 Å². The van der Waals surface area contributed by atoms with Gasteiger partial charge >= 0.3 is 11.6 Å². The maximum absolute atomic E-state index is 12.8. The Labute approximate surface area is 162 Å². The van der Waals surface area contributed by atoms with Crippen molar-refractivity contribution in [2.24, 2.45) is 5.92 Å². The zero-order chi connectivity index (χ0) is 19.1. The Kier molecular flexibility index (Phi) is 4.31. The van der Waals surface area contributed by atoms with E-state index in [-0.39, 0.29) is 17.2 Å². The lowest BCUT2D eigenvalue weighted by Crippen LogP contribution is -2.40. The van der Waals surface area contributed by atoms with Gasteiger partial charge in [0.2, 0.25) is 5.90 Å². The summed E-state index contributed by atoms with van der Waals surface area (Å²) < 4.78 is 16.8. The SMILES string of the molecule is COC(=O)C1C(=N)Oc2c(c(=O)oc3ccccc23)C1c1cccc(Br)c1. The second-order valence-corrected chi connectivity index (χ2v) is 7.04. The minimum atomic E-state index is -1.08. The number of ether oxygens (including phenoxy) is 2. The second-order valence-electron chi connectivity index (χ2n) is 6.13. The summed E-state index contributed by atoms with van der Waals surface area (Å²) in [5.74, 6) is -2.51. The molecule has 7 heteroatoms. The number of rotatable bonds is 2. The number of hydrogen-bond acceptors (Lipinski definition) is 6. The molecule has 2 unspecified atom stereocenters. The van der Waals surface area contributed by atoms with E-state index in [1.165, 1.54) is 7.11 Å². The van der Waals surface area contributed by atoms with E-state index >= 15 is 0 Å². The minimum absolute atomic E-state index is 0.207. The number of carbonyl (C=O) groups is 1. The second kappa shape index (κ2) is 6.66. The van der Waals surface area contributed by atoms with Gasteiger partial charge in [0.05, 0.1) is 18.1 Å². The summed E-state index contributed by atoms with van der Waals surface area (Å²) in [4.78, 5) is 25.3. The standard InChI is InChI=1S/C20H14BrNO5/c1-25-19(23)16-14(10-5-4-6-11(21)9-10)15-17(27-18(16)22)12-7-2-3-8-13(12)26-20(15)24/h2-9,14,16,22H,1H3. The largest absolute Gasteiger partial charge is 0.468 e. The smallest absolute Gasteiger partial charge is 0.343 e. The highest BCUT2D eigenvalue weighted by Crippen LogP contribution is 2.44. The molecule has 4 rings (SSSR count). The van der Waals surface area contributed by atoms with Crippen LogP contribution >= 0.6 is 15.9 Å². The molecule has 1 aromatic heterocycles. The van der Waals surface area contributed by atoms with Gasteiger partial charge in [-0.3, -0.25) is 10.2 Å². The zero-order valence-electron chi connectivity index (χ0n) is 14.2. The fraction of sp³-hybridized carbons (Fsp3) is 0.150. The molecule has 0 spiro atoms. The van der Waals surface area contributed by atoms with E-state index in [0.29, 0.717) is 16.5 Å². The molecule has 0 saturated carbocycles. The summed E-state index contributed by atoms with van der Waals surface area (Å²) in [5, 5.41) is 8.89. The van der Waals surface area contributed by atoms with E-state index in [9.17, 15) is 9.59 Å². The highest BCUT2D eigenvalue weighted by molar-refractivity contribution is 9.10. The lowest BCUT2D eigenvalue weighted by atomic mass is 9.78. The predicted molar refractivity (Wildman–Crippen MR) is 102 cm³/mol. The van der Waals surface area contributed by atoms with Crippen molar-refractivity contribution in [2.75, 3.05) is 7.11 Å². The third-order valence-electron chi connectivity index (χ3n) is 4.60. The maximum Gasteiger partial charge on any atom is 0.343 e. The molecule has 0 fully saturated rings. The molecule has 2 heterocycles. The maximum atomic E-state index is 12.8. The van der Waals surface area contributed by atoms with Crippen LogP contribution in [0.5, 0.6) is 5.75 Å². The Morgan fingerprint density at radius 3 is 2.70 bits per heavy atom. The molecule has 1 aliphatic rings. The topological polar surface area (TPSA) is 89.6 Å². The molecule has 27 heavy (non-hydrogen) atoms. The molecule has 0 radical (unpaired) electrons. The molecular weight excluding hydrogens is 414 g/mol. The number of carbonyl (C=O) groups excluding carboxylic acids is 1. The Morgan fingerprint density at radius 2 is 1.96 bits per heavy atom.